The molecule has 0 spiro atoms. The summed E-state index contributed by atoms with van der Waals surface area (Å²) in [4.78, 5) is 0. The maximum absolute atomic E-state index is 5.99. The van der Waals surface area contributed by atoms with Crippen LogP contribution in [0.15, 0.2) is 11.8 Å². The van der Waals surface area contributed by atoms with Crippen molar-refractivity contribution in [3.05, 3.63) is 11.8 Å². The second kappa shape index (κ2) is 2.52. The molecule has 0 aliphatic carbocycles. The van der Waals surface area contributed by atoms with Crippen molar-refractivity contribution < 1.29 is 4.74 Å². The van der Waals surface area contributed by atoms with E-state index in [2.05, 4.69) is 54.5 Å². The van der Waals surface area contributed by atoms with Crippen molar-refractivity contribution in [2.45, 2.75) is 54.1 Å². The fourth-order valence-corrected chi connectivity index (χ4v) is 1.31. The topological polar surface area (TPSA) is 9.23 Å². The van der Waals surface area contributed by atoms with Crippen LogP contribution < -0.4 is 0 Å². The highest BCUT2D eigenvalue weighted by Crippen LogP contribution is 2.47. The number of hydrogen-bond donors (Lipinski definition) is 0. The van der Waals surface area contributed by atoms with Crippen molar-refractivity contribution >= 4 is 0 Å². The lowest BCUT2D eigenvalue weighted by Gasteiger charge is -2.34. The Bertz CT molecular complexity index is 238. The van der Waals surface area contributed by atoms with Crippen LogP contribution in [0.5, 0.6) is 0 Å². The Morgan fingerprint density at radius 3 is 1.69 bits per heavy atom. The molecule has 13 heavy (non-hydrogen) atoms. The predicted molar refractivity (Wildman–Crippen MR) is 56.5 cm³/mol. The Kier molecular flexibility index (Phi) is 2.06. The van der Waals surface area contributed by atoms with Crippen LogP contribution in [-0.2, 0) is 4.74 Å². The van der Waals surface area contributed by atoms with Gasteiger partial charge in [-0.15, -0.1) is 0 Å². The van der Waals surface area contributed by atoms with Gasteiger partial charge in [-0.1, -0.05) is 34.6 Å². The first-order chi connectivity index (χ1) is 5.56. The van der Waals surface area contributed by atoms with Gasteiger partial charge in [-0.2, -0.15) is 0 Å². The van der Waals surface area contributed by atoms with Crippen LogP contribution in [0.3, 0.4) is 0 Å². The molecular formula is C12H22O. The first-order valence-electron chi connectivity index (χ1n) is 4.99. The lowest BCUT2D eigenvalue weighted by atomic mass is 9.78. The van der Waals surface area contributed by atoms with Gasteiger partial charge in [-0.3, -0.25) is 0 Å². The molecule has 0 unspecified atom stereocenters. The number of hydrogen-bond acceptors (Lipinski definition) is 1. The Balaban J connectivity index is 3.00. The molecular weight excluding hydrogens is 160 g/mol. The zero-order valence-corrected chi connectivity index (χ0v) is 9.99. The van der Waals surface area contributed by atoms with Crippen molar-refractivity contribution in [1.82, 2.24) is 0 Å². The zero-order chi connectivity index (χ0) is 10.5. The van der Waals surface area contributed by atoms with E-state index in [-0.39, 0.29) is 16.4 Å². The molecule has 0 saturated heterocycles. The molecule has 0 fully saturated rings. The molecule has 1 aliphatic heterocycles. The molecule has 1 rings (SSSR count). The number of ether oxygens (including phenoxy) is 1. The SMILES string of the molecule is CC(C)(C)C1=CC(C)(C)C(C)(C)O1. The average Bonchev–Trinajstić information content (AvgIpc) is 2.00. The lowest BCUT2D eigenvalue weighted by molar-refractivity contribution is -0.0237. The largest absolute Gasteiger partial charge is 0.491 e. The molecule has 0 radical (unpaired) electrons. The molecule has 0 saturated carbocycles. The monoisotopic (exact) mass is 182 g/mol. The summed E-state index contributed by atoms with van der Waals surface area (Å²) in [7, 11) is 0. The van der Waals surface area contributed by atoms with Gasteiger partial charge >= 0.3 is 0 Å². The minimum absolute atomic E-state index is 0.0738. The minimum atomic E-state index is -0.0738. The van der Waals surface area contributed by atoms with Crippen LogP contribution in [-0.4, -0.2) is 5.60 Å². The minimum Gasteiger partial charge on any atom is -0.491 e. The third-order valence-electron chi connectivity index (χ3n) is 3.15. The van der Waals surface area contributed by atoms with E-state index in [1.54, 1.807) is 0 Å². The van der Waals surface area contributed by atoms with Gasteiger partial charge in [0.05, 0.1) is 5.76 Å². The van der Waals surface area contributed by atoms with Crippen LogP contribution in [0, 0.1) is 10.8 Å². The second-order valence-corrected chi connectivity index (χ2v) is 6.09. The zero-order valence-electron chi connectivity index (χ0n) is 9.99. The quantitative estimate of drug-likeness (QED) is 0.554. The summed E-state index contributed by atoms with van der Waals surface area (Å²) in [5.41, 5.74) is 0.191. The van der Waals surface area contributed by atoms with E-state index < -0.39 is 0 Å². The molecule has 0 bridgehead atoms. The molecule has 0 amide bonds. The first-order valence-corrected chi connectivity index (χ1v) is 4.99. The fraction of sp³-hybridized carbons (Fsp3) is 0.833. The van der Waals surface area contributed by atoms with Gasteiger partial charge in [0.15, 0.2) is 0 Å². The smallest absolute Gasteiger partial charge is 0.112 e. The third-order valence-corrected chi connectivity index (χ3v) is 3.15. The molecule has 1 nitrogen and oxygen atoms in total. The van der Waals surface area contributed by atoms with Crippen LogP contribution in [0.25, 0.3) is 0 Å². The summed E-state index contributed by atoms with van der Waals surface area (Å²) in [6.07, 6.45) is 2.27. The van der Waals surface area contributed by atoms with E-state index in [9.17, 15) is 0 Å². The molecule has 0 atom stereocenters. The summed E-state index contributed by atoms with van der Waals surface area (Å²) in [6, 6.07) is 0. The molecule has 1 aliphatic rings. The molecule has 1 heterocycles. The van der Waals surface area contributed by atoms with Crippen molar-refractivity contribution in [3.8, 4) is 0 Å². The van der Waals surface area contributed by atoms with E-state index in [0.29, 0.717) is 0 Å². The van der Waals surface area contributed by atoms with Gasteiger partial charge in [0.1, 0.15) is 5.60 Å². The van der Waals surface area contributed by atoms with Gasteiger partial charge in [0, 0.05) is 10.8 Å². The summed E-state index contributed by atoms with van der Waals surface area (Å²) in [6.45, 7) is 15.3. The third kappa shape index (κ3) is 1.74. The molecule has 0 N–H and O–H groups in total. The van der Waals surface area contributed by atoms with Crippen LogP contribution >= 0.6 is 0 Å². The number of rotatable bonds is 0. The Labute approximate surface area is 82.2 Å². The van der Waals surface area contributed by atoms with Crippen LogP contribution in [0.4, 0.5) is 0 Å². The van der Waals surface area contributed by atoms with E-state index >= 15 is 0 Å². The van der Waals surface area contributed by atoms with E-state index in [1.807, 2.05) is 0 Å². The summed E-state index contributed by atoms with van der Waals surface area (Å²) in [5.74, 6) is 1.13. The van der Waals surface area contributed by atoms with Gasteiger partial charge in [-0.25, -0.2) is 0 Å². The predicted octanol–water partition coefficient (Wildman–Crippen LogP) is 3.75. The summed E-state index contributed by atoms with van der Waals surface area (Å²) in [5, 5.41) is 0. The Hall–Kier alpha value is -0.460. The molecule has 0 aromatic heterocycles. The van der Waals surface area contributed by atoms with E-state index in [1.165, 1.54) is 0 Å². The molecule has 0 aromatic rings. The van der Waals surface area contributed by atoms with Gasteiger partial charge < -0.3 is 4.74 Å². The second-order valence-electron chi connectivity index (χ2n) is 6.09. The molecule has 0 aromatic carbocycles. The Morgan fingerprint density at radius 1 is 1.08 bits per heavy atom. The van der Waals surface area contributed by atoms with Crippen LogP contribution in [0.2, 0.25) is 0 Å². The summed E-state index contributed by atoms with van der Waals surface area (Å²) >= 11 is 0. The fourth-order valence-electron chi connectivity index (χ4n) is 1.31. The highest BCUT2D eigenvalue weighted by atomic mass is 16.5. The lowest BCUT2D eigenvalue weighted by Crippen LogP contribution is -2.35. The van der Waals surface area contributed by atoms with Crippen molar-refractivity contribution in [2.24, 2.45) is 10.8 Å². The highest BCUT2D eigenvalue weighted by Gasteiger charge is 2.45. The normalized spacial score (nSPS) is 25.3. The van der Waals surface area contributed by atoms with E-state index in [0.717, 1.165) is 5.76 Å². The maximum atomic E-state index is 5.99. The molecule has 76 valence electrons. The van der Waals surface area contributed by atoms with Gasteiger partial charge in [0.25, 0.3) is 0 Å². The maximum Gasteiger partial charge on any atom is 0.112 e. The highest BCUT2D eigenvalue weighted by molar-refractivity contribution is 5.19. The van der Waals surface area contributed by atoms with Gasteiger partial charge in [-0.05, 0) is 19.9 Å². The van der Waals surface area contributed by atoms with Crippen molar-refractivity contribution in [2.75, 3.05) is 0 Å². The summed E-state index contributed by atoms with van der Waals surface area (Å²) < 4.78 is 5.99. The van der Waals surface area contributed by atoms with Crippen molar-refractivity contribution in [3.63, 3.8) is 0 Å². The van der Waals surface area contributed by atoms with Crippen LogP contribution in [0.1, 0.15) is 48.5 Å². The first kappa shape index (κ1) is 10.6. The number of allylic oxidation sites excluding steroid dienone is 1. The standard InChI is InChI=1S/C12H22O/c1-10(2,3)9-8-11(4,5)12(6,7)13-9/h8H,1-7H3. The average molecular weight is 182 g/mol. The van der Waals surface area contributed by atoms with Gasteiger partial charge in [0.2, 0.25) is 0 Å². The Morgan fingerprint density at radius 2 is 1.54 bits per heavy atom. The molecule has 1 heteroatoms. The van der Waals surface area contributed by atoms with Crippen molar-refractivity contribution in [1.29, 1.82) is 0 Å². The van der Waals surface area contributed by atoms with E-state index in [4.69, 9.17) is 4.74 Å².